The van der Waals surface area contributed by atoms with Crippen LogP contribution in [0.2, 0.25) is 0 Å². The molecule has 2 unspecified atom stereocenters. The third-order valence-electron chi connectivity index (χ3n) is 3.39. The number of rotatable bonds is 2. The van der Waals surface area contributed by atoms with Crippen LogP contribution < -0.4 is 15.0 Å². The number of nitrogens with zero attached hydrogens (tertiary/aromatic N) is 1. The second-order valence-electron chi connectivity index (χ2n) is 5.30. The Morgan fingerprint density at radius 1 is 1.39 bits per heavy atom. The van der Waals surface area contributed by atoms with E-state index in [-0.39, 0.29) is 0 Å². The van der Waals surface area contributed by atoms with Gasteiger partial charge in [-0.2, -0.15) is 0 Å². The minimum absolute atomic E-state index is 0.354. The molecule has 4 heteroatoms. The van der Waals surface area contributed by atoms with Crippen LogP contribution in [0.4, 0.5) is 5.69 Å². The third-order valence-corrected chi connectivity index (χ3v) is 3.39. The zero-order valence-electron chi connectivity index (χ0n) is 11.3. The summed E-state index contributed by atoms with van der Waals surface area (Å²) in [7, 11) is 1.66. The summed E-state index contributed by atoms with van der Waals surface area (Å²) < 4.78 is 5.17. The highest BCUT2D eigenvalue weighted by molar-refractivity contribution is 5.50. The summed E-state index contributed by atoms with van der Waals surface area (Å²) in [6, 6.07) is 8.34. The average Bonchev–Trinajstić information content (AvgIpc) is 2.48. The number of anilines is 1. The maximum absolute atomic E-state index is 10.3. The number of ether oxygens (including phenoxy) is 1. The molecule has 0 saturated carbocycles. The SMILES string of the molecule is COc1ccc(N2CC(C)(O)CNCC2C)cc1. The zero-order valence-corrected chi connectivity index (χ0v) is 11.3. The zero-order chi connectivity index (χ0) is 13.2. The maximum atomic E-state index is 10.3. The van der Waals surface area contributed by atoms with Gasteiger partial charge in [-0.3, -0.25) is 0 Å². The lowest BCUT2D eigenvalue weighted by Gasteiger charge is -2.33. The van der Waals surface area contributed by atoms with Crippen molar-refractivity contribution in [2.24, 2.45) is 0 Å². The topological polar surface area (TPSA) is 44.7 Å². The molecule has 1 saturated heterocycles. The van der Waals surface area contributed by atoms with Crippen molar-refractivity contribution in [3.8, 4) is 5.75 Å². The highest BCUT2D eigenvalue weighted by atomic mass is 16.5. The Bertz CT molecular complexity index is 389. The van der Waals surface area contributed by atoms with Gasteiger partial charge >= 0.3 is 0 Å². The smallest absolute Gasteiger partial charge is 0.119 e. The van der Waals surface area contributed by atoms with Crippen LogP contribution in [-0.2, 0) is 0 Å². The molecule has 1 fully saturated rings. The van der Waals surface area contributed by atoms with Crippen molar-refractivity contribution in [2.75, 3.05) is 31.6 Å². The molecule has 100 valence electrons. The predicted octanol–water partition coefficient (Wildman–Crippen LogP) is 1.24. The number of benzene rings is 1. The van der Waals surface area contributed by atoms with Crippen LogP contribution >= 0.6 is 0 Å². The highest BCUT2D eigenvalue weighted by Crippen LogP contribution is 2.24. The molecule has 0 spiro atoms. The molecule has 1 aromatic rings. The highest BCUT2D eigenvalue weighted by Gasteiger charge is 2.30. The molecule has 1 aliphatic rings. The van der Waals surface area contributed by atoms with E-state index >= 15 is 0 Å². The minimum atomic E-state index is -0.704. The standard InChI is InChI=1S/C14H22N2O2/c1-11-8-15-9-14(2,17)10-16(11)12-4-6-13(18-3)7-5-12/h4-7,11,15,17H,8-10H2,1-3H3. The summed E-state index contributed by atoms with van der Waals surface area (Å²) in [6.45, 7) is 6.17. The molecule has 4 nitrogen and oxygen atoms in total. The second-order valence-corrected chi connectivity index (χ2v) is 5.30. The Balaban J connectivity index is 2.22. The first-order valence-electron chi connectivity index (χ1n) is 6.36. The molecular weight excluding hydrogens is 228 g/mol. The molecule has 0 radical (unpaired) electrons. The van der Waals surface area contributed by atoms with Crippen LogP contribution in [0.15, 0.2) is 24.3 Å². The summed E-state index contributed by atoms with van der Waals surface area (Å²) in [5, 5.41) is 13.6. The van der Waals surface area contributed by atoms with Crippen LogP contribution in [-0.4, -0.2) is 43.5 Å². The lowest BCUT2D eigenvalue weighted by Crippen LogP contribution is -2.45. The quantitative estimate of drug-likeness (QED) is 0.829. The van der Waals surface area contributed by atoms with E-state index in [4.69, 9.17) is 4.74 Å². The number of nitrogens with one attached hydrogen (secondary N) is 1. The summed E-state index contributed by atoms with van der Waals surface area (Å²) in [4.78, 5) is 2.24. The van der Waals surface area contributed by atoms with Gasteiger partial charge in [0.05, 0.1) is 12.7 Å². The molecule has 1 aliphatic heterocycles. The van der Waals surface area contributed by atoms with Crippen LogP contribution in [0.1, 0.15) is 13.8 Å². The van der Waals surface area contributed by atoms with Crippen LogP contribution in [0.25, 0.3) is 0 Å². The summed E-state index contributed by atoms with van der Waals surface area (Å²) in [5.74, 6) is 0.853. The summed E-state index contributed by atoms with van der Waals surface area (Å²) in [6.07, 6.45) is 0. The van der Waals surface area contributed by atoms with Gasteiger partial charge < -0.3 is 20.1 Å². The van der Waals surface area contributed by atoms with Gasteiger partial charge in [0.15, 0.2) is 0 Å². The first-order valence-corrected chi connectivity index (χ1v) is 6.36. The third kappa shape index (κ3) is 2.94. The van der Waals surface area contributed by atoms with Crippen LogP contribution in [0.3, 0.4) is 0 Å². The number of β-amino-alcohol motifs (C(OH)–C–C–N with tert-alkyl or cyclic N) is 1. The van der Waals surface area contributed by atoms with Crippen molar-refractivity contribution in [1.82, 2.24) is 5.32 Å². The fourth-order valence-electron chi connectivity index (χ4n) is 2.36. The van der Waals surface area contributed by atoms with Crippen molar-refractivity contribution in [1.29, 1.82) is 0 Å². The van der Waals surface area contributed by atoms with Gasteiger partial charge in [0.25, 0.3) is 0 Å². The van der Waals surface area contributed by atoms with E-state index in [1.807, 2.05) is 31.2 Å². The maximum Gasteiger partial charge on any atom is 0.119 e. The molecule has 2 N–H and O–H groups in total. The van der Waals surface area contributed by atoms with Crippen molar-refractivity contribution >= 4 is 5.69 Å². The lowest BCUT2D eigenvalue weighted by atomic mass is 10.1. The Morgan fingerprint density at radius 3 is 2.67 bits per heavy atom. The van der Waals surface area contributed by atoms with E-state index in [1.165, 1.54) is 0 Å². The molecule has 0 aromatic heterocycles. The number of hydrogen-bond donors (Lipinski definition) is 2. The van der Waals surface area contributed by atoms with E-state index in [0.29, 0.717) is 19.1 Å². The molecule has 1 aromatic carbocycles. The fraction of sp³-hybridized carbons (Fsp3) is 0.571. The molecular formula is C14H22N2O2. The molecule has 0 amide bonds. The summed E-state index contributed by atoms with van der Waals surface area (Å²) >= 11 is 0. The molecule has 2 rings (SSSR count). The Morgan fingerprint density at radius 2 is 2.06 bits per heavy atom. The van der Waals surface area contributed by atoms with Crippen molar-refractivity contribution in [3.05, 3.63) is 24.3 Å². The van der Waals surface area contributed by atoms with Crippen molar-refractivity contribution < 1.29 is 9.84 Å². The number of methoxy groups -OCH3 is 1. The lowest BCUT2D eigenvalue weighted by molar-refractivity contribution is 0.0726. The van der Waals surface area contributed by atoms with Gasteiger partial charge in [-0.1, -0.05) is 0 Å². The van der Waals surface area contributed by atoms with Gasteiger partial charge in [0.1, 0.15) is 5.75 Å². The van der Waals surface area contributed by atoms with Crippen molar-refractivity contribution in [2.45, 2.75) is 25.5 Å². The van der Waals surface area contributed by atoms with Crippen LogP contribution in [0.5, 0.6) is 5.75 Å². The normalized spacial score (nSPS) is 28.9. The monoisotopic (exact) mass is 250 g/mol. The van der Waals surface area contributed by atoms with E-state index < -0.39 is 5.60 Å². The van der Waals surface area contributed by atoms with Gasteiger partial charge in [0, 0.05) is 31.4 Å². The second kappa shape index (κ2) is 5.16. The number of aliphatic hydroxyl groups is 1. The van der Waals surface area contributed by atoms with E-state index in [1.54, 1.807) is 7.11 Å². The van der Waals surface area contributed by atoms with E-state index in [9.17, 15) is 5.11 Å². The molecule has 2 atom stereocenters. The Hall–Kier alpha value is -1.26. The van der Waals surface area contributed by atoms with Crippen LogP contribution in [0, 0.1) is 0 Å². The van der Waals surface area contributed by atoms with Gasteiger partial charge in [-0.25, -0.2) is 0 Å². The number of hydrogen-bond acceptors (Lipinski definition) is 4. The Labute approximate surface area is 109 Å². The largest absolute Gasteiger partial charge is 0.497 e. The summed E-state index contributed by atoms with van der Waals surface area (Å²) in [5.41, 5.74) is 0.414. The Kier molecular flexibility index (Phi) is 3.78. The average molecular weight is 250 g/mol. The van der Waals surface area contributed by atoms with Gasteiger partial charge in [-0.05, 0) is 38.1 Å². The predicted molar refractivity (Wildman–Crippen MR) is 73.3 cm³/mol. The first kappa shape index (κ1) is 13.2. The van der Waals surface area contributed by atoms with Crippen molar-refractivity contribution in [3.63, 3.8) is 0 Å². The first-order chi connectivity index (χ1) is 8.52. The van der Waals surface area contributed by atoms with Gasteiger partial charge in [-0.15, -0.1) is 0 Å². The fourth-order valence-corrected chi connectivity index (χ4v) is 2.36. The molecule has 18 heavy (non-hydrogen) atoms. The van der Waals surface area contributed by atoms with E-state index in [0.717, 1.165) is 18.0 Å². The molecule has 1 heterocycles. The molecule has 0 bridgehead atoms. The van der Waals surface area contributed by atoms with Gasteiger partial charge in [0.2, 0.25) is 0 Å². The van der Waals surface area contributed by atoms with E-state index in [2.05, 4.69) is 17.1 Å². The molecule has 0 aliphatic carbocycles. The minimum Gasteiger partial charge on any atom is -0.497 e.